The second-order valence-electron chi connectivity index (χ2n) is 3.38. The molecule has 0 saturated carbocycles. The number of ether oxygens (including phenoxy) is 1. The number of benzene rings is 1. The first-order chi connectivity index (χ1) is 7.97. The summed E-state index contributed by atoms with van der Waals surface area (Å²) >= 11 is 11.6. The van der Waals surface area contributed by atoms with E-state index in [4.69, 9.17) is 33.7 Å². The van der Waals surface area contributed by atoms with E-state index in [0.717, 1.165) is 0 Å². The first kappa shape index (κ1) is 14.2. The lowest BCUT2D eigenvalue weighted by Gasteiger charge is -2.12. The Hall–Kier alpha value is -0.840. The molecule has 0 aliphatic heterocycles. The Balaban J connectivity index is 2.88. The van der Waals surface area contributed by atoms with Gasteiger partial charge in [-0.15, -0.1) is 0 Å². The molecule has 0 aliphatic rings. The lowest BCUT2D eigenvalue weighted by atomic mass is 10.1. The van der Waals surface area contributed by atoms with Crippen molar-refractivity contribution in [3.8, 4) is 0 Å². The van der Waals surface area contributed by atoms with Gasteiger partial charge in [0.25, 0.3) is 0 Å². The summed E-state index contributed by atoms with van der Waals surface area (Å²) in [6.45, 7) is 1.88. The van der Waals surface area contributed by atoms with Crippen LogP contribution >= 0.6 is 23.2 Å². The van der Waals surface area contributed by atoms with E-state index < -0.39 is 17.8 Å². The Labute approximate surface area is 109 Å². The van der Waals surface area contributed by atoms with Gasteiger partial charge in [0.1, 0.15) is 11.9 Å². The van der Waals surface area contributed by atoms with E-state index in [2.05, 4.69) is 0 Å². The fourth-order valence-corrected chi connectivity index (χ4v) is 1.72. The second-order valence-corrected chi connectivity index (χ2v) is 4.17. The maximum absolute atomic E-state index is 13.5. The van der Waals surface area contributed by atoms with E-state index in [9.17, 15) is 9.18 Å². The maximum atomic E-state index is 13.5. The smallest absolute Gasteiger partial charge is 0.323 e. The average Bonchev–Trinajstić information content (AvgIpc) is 2.29. The Morgan fingerprint density at radius 3 is 2.76 bits per heavy atom. The summed E-state index contributed by atoms with van der Waals surface area (Å²) in [5.41, 5.74) is 5.70. The highest BCUT2D eigenvalue weighted by Gasteiger charge is 2.20. The van der Waals surface area contributed by atoms with E-state index in [1.54, 1.807) is 6.92 Å². The molecule has 1 atom stereocenters. The monoisotopic (exact) mass is 279 g/mol. The lowest BCUT2D eigenvalue weighted by Crippen LogP contribution is -2.34. The molecule has 0 aromatic heterocycles. The van der Waals surface area contributed by atoms with Crippen LogP contribution < -0.4 is 5.73 Å². The minimum atomic E-state index is -0.958. The fraction of sp³-hybridized carbons (Fsp3) is 0.364. The molecule has 0 radical (unpaired) electrons. The molecule has 2 N–H and O–H groups in total. The fourth-order valence-electron chi connectivity index (χ4n) is 1.31. The molecule has 0 amide bonds. The minimum Gasteiger partial charge on any atom is -0.465 e. The number of rotatable bonds is 4. The van der Waals surface area contributed by atoms with Crippen molar-refractivity contribution in [2.45, 2.75) is 19.4 Å². The third-order valence-electron chi connectivity index (χ3n) is 2.15. The van der Waals surface area contributed by atoms with Gasteiger partial charge in [-0.3, -0.25) is 4.79 Å². The van der Waals surface area contributed by atoms with Crippen LogP contribution in [0, 0.1) is 5.82 Å². The van der Waals surface area contributed by atoms with Gasteiger partial charge in [0.2, 0.25) is 0 Å². The van der Waals surface area contributed by atoms with Gasteiger partial charge in [0.05, 0.1) is 16.7 Å². The van der Waals surface area contributed by atoms with E-state index >= 15 is 0 Å². The Morgan fingerprint density at radius 2 is 2.18 bits per heavy atom. The summed E-state index contributed by atoms with van der Waals surface area (Å²) in [6, 6.07) is 1.57. The standard InChI is InChI=1S/C11H12Cl2FNO2/c1-2-17-11(16)9(15)5-6-8(14)4-3-7(12)10(6)13/h3-4,9H,2,5,15H2,1H3. The SMILES string of the molecule is CCOC(=O)C(N)Cc1c(F)ccc(Cl)c1Cl. The molecule has 94 valence electrons. The molecule has 0 heterocycles. The van der Waals surface area contributed by atoms with E-state index in [-0.39, 0.29) is 28.6 Å². The predicted molar refractivity (Wildman–Crippen MR) is 64.7 cm³/mol. The highest BCUT2D eigenvalue weighted by molar-refractivity contribution is 6.42. The van der Waals surface area contributed by atoms with Gasteiger partial charge in [0, 0.05) is 12.0 Å². The summed E-state index contributed by atoms with van der Waals surface area (Å²) in [4.78, 5) is 11.3. The molecular formula is C11H12Cl2FNO2. The van der Waals surface area contributed by atoms with Crippen molar-refractivity contribution in [2.75, 3.05) is 6.61 Å². The number of hydrogen-bond acceptors (Lipinski definition) is 3. The maximum Gasteiger partial charge on any atom is 0.323 e. The van der Waals surface area contributed by atoms with Crippen LogP contribution in [0.15, 0.2) is 12.1 Å². The largest absolute Gasteiger partial charge is 0.465 e. The van der Waals surface area contributed by atoms with Crippen molar-refractivity contribution in [3.05, 3.63) is 33.6 Å². The number of carbonyl (C=O) groups is 1. The van der Waals surface area contributed by atoms with E-state index in [0.29, 0.717) is 0 Å². The number of carbonyl (C=O) groups excluding carboxylic acids is 1. The zero-order valence-electron chi connectivity index (χ0n) is 9.17. The third-order valence-corrected chi connectivity index (χ3v) is 3.00. The van der Waals surface area contributed by atoms with Crippen LogP contribution in [0.4, 0.5) is 4.39 Å². The molecule has 0 spiro atoms. The Morgan fingerprint density at radius 1 is 1.53 bits per heavy atom. The van der Waals surface area contributed by atoms with Crippen LogP contribution in [-0.4, -0.2) is 18.6 Å². The topological polar surface area (TPSA) is 52.3 Å². The van der Waals surface area contributed by atoms with Crippen LogP contribution in [0.5, 0.6) is 0 Å². The van der Waals surface area contributed by atoms with Gasteiger partial charge in [0.15, 0.2) is 0 Å². The van der Waals surface area contributed by atoms with Gasteiger partial charge >= 0.3 is 5.97 Å². The number of hydrogen-bond donors (Lipinski definition) is 1. The van der Waals surface area contributed by atoms with Crippen molar-refractivity contribution < 1.29 is 13.9 Å². The number of halogens is 3. The van der Waals surface area contributed by atoms with Crippen molar-refractivity contribution in [1.82, 2.24) is 0 Å². The normalized spacial score (nSPS) is 12.3. The summed E-state index contributed by atoms with van der Waals surface area (Å²) in [7, 11) is 0. The van der Waals surface area contributed by atoms with Crippen LogP contribution in [0.3, 0.4) is 0 Å². The molecule has 3 nitrogen and oxygen atoms in total. The first-order valence-electron chi connectivity index (χ1n) is 5.02. The van der Waals surface area contributed by atoms with Gasteiger partial charge in [-0.05, 0) is 19.1 Å². The number of esters is 1. The second kappa shape index (κ2) is 6.19. The quantitative estimate of drug-likeness (QED) is 0.681. The van der Waals surface area contributed by atoms with Gasteiger partial charge in [-0.2, -0.15) is 0 Å². The molecule has 0 bridgehead atoms. The van der Waals surface area contributed by atoms with Crippen LogP contribution in [0.2, 0.25) is 10.0 Å². The van der Waals surface area contributed by atoms with Gasteiger partial charge in [-0.25, -0.2) is 4.39 Å². The molecule has 6 heteroatoms. The molecule has 1 aromatic carbocycles. The Bertz CT molecular complexity index is 426. The zero-order valence-corrected chi connectivity index (χ0v) is 10.7. The van der Waals surface area contributed by atoms with Crippen LogP contribution in [0.25, 0.3) is 0 Å². The molecule has 0 aliphatic carbocycles. The summed E-state index contributed by atoms with van der Waals surface area (Å²) in [6.07, 6.45) is -0.0515. The third kappa shape index (κ3) is 3.56. The van der Waals surface area contributed by atoms with Crippen molar-refractivity contribution in [1.29, 1.82) is 0 Å². The number of nitrogens with two attached hydrogens (primary N) is 1. The van der Waals surface area contributed by atoms with Gasteiger partial charge < -0.3 is 10.5 Å². The summed E-state index contributed by atoms with van der Waals surface area (Å²) in [5, 5.41) is 0.297. The molecule has 17 heavy (non-hydrogen) atoms. The molecule has 0 fully saturated rings. The Kier molecular flexibility index (Phi) is 5.18. The summed E-state index contributed by atoms with van der Waals surface area (Å²) < 4.78 is 18.2. The predicted octanol–water partition coefficient (Wildman–Crippen LogP) is 2.57. The molecule has 1 aromatic rings. The highest BCUT2D eigenvalue weighted by atomic mass is 35.5. The van der Waals surface area contributed by atoms with Gasteiger partial charge in [-0.1, -0.05) is 23.2 Å². The van der Waals surface area contributed by atoms with Crippen molar-refractivity contribution >= 4 is 29.2 Å². The summed E-state index contributed by atoms with van der Waals surface area (Å²) in [5.74, 6) is -1.14. The van der Waals surface area contributed by atoms with E-state index in [1.165, 1.54) is 12.1 Å². The first-order valence-corrected chi connectivity index (χ1v) is 5.77. The molecule has 1 rings (SSSR count). The minimum absolute atomic E-state index is 0.0515. The van der Waals surface area contributed by atoms with Crippen LogP contribution in [0.1, 0.15) is 12.5 Å². The molecule has 1 unspecified atom stereocenters. The van der Waals surface area contributed by atoms with Crippen LogP contribution in [-0.2, 0) is 16.0 Å². The zero-order chi connectivity index (χ0) is 13.0. The van der Waals surface area contributed by atoms with Crippen molar-refractivity contribution in [2.24, 2.45) is 5.73 Å². The molecule has 0 saturated heterocycles. The average molecular weight is 280 g/mol. The molecular weight excluding hydrogens is 268 g/mol. The van der Waals surface area contributed by atoms with Crippen molar-refractivity contribution in [3.63, 3.8) is 0 Å². The van der Waals surface area contributed by atoms with E-state index in [1.807, 2.05) is 0 Å². The highest BCUT2D eigenvalue weighted by Crippen LogP contribution is 2.28. The lowest BCUT2D eigenvalue weighted by molar-refractivity contribution is -0.144.